The second-order valence-corrected chi connectivity index (χ2v) is 6.93. The summed E-state index contributed by atoms with van der Waals surface area (Å²) >= 11 is 0. The first kappa shape index (κ1) is 15.9. The number of hydrogen-bond acceptors (Lipinski definition) is 3. The third-order valence-corrected chi connectivity index (χ3v) is 3.81. The molecule has 1 saturated heterocycles. The molecule has 1 aliphatic rings. The van der Waals surface area contributed by atoms with E-state index in [0.29, 0.717) is 6.04 Å². The van der Waals surface area contributed by atoms with Crippen molar-refractivity contribution in [3.05, 3.63) is 0 Å². The number of rotatable bonds is 6. The van der Waals surface area contributed by atoms with Gasteiger partial charge in [0.05, 0.1) is 6.61 Å². The molecule has 1 rings (SSSR count). The zero-order chi connectivity index (χ0) is 13.8. The first-order chi connectivity index (χ1) is 8.35. The minimum Gasteiger partial charge on any atom is -0.383 e. The summed E-state index contributed by atoms with van der Waals surface area (Å²) in [7, 11) is 1.81. The smallest absolute Gasteiger partial charge is 0.0630 e. The fraction of sp³-hybridized carbons (Fsp3) is 1.00. The predicted molar refractivity (Wildman–Crippen MR) is 78.0 cm³/mol. The van der Waals surface area contributed by atoms with Crippen LogP contribution in [0.2, 0.25) is 0 Å². The van der Waals surface area contributed by atoms with E-state index in [4.69, 9.17) is 4.74 Å². The molecular formula is C15H32N2O. The van der Waals surface area contributed by atoms with Gasteiger partial charge in [0, 0.05) is 31.3 Å². The molecular weight excluding hydrogens is 224 g/mol. The lowest BCUT2D eigenvalue weighted by atomic mass is 10.0. The van der Waals surface area contributed by atoms with E-state index >= 15 is 0 Å². The highest BCUT2D eigenvalue weighted by Gasteiger charge is 2.32. The number of hydrogen-bond donors (Lipinski definition) is 1. The molecule has 1 aliphatic heterocycles. The summed E-state index contributed by atoms with van der Waals surface area (Å²) in [4.78, 5) is 2.66. The lowest BCUT2D eigenvalue weighted by molar-refractivity contribution is 0.0649. The molecule has 0 aliphatic carbocycles. The first-order valence-corrected chi connectivity index (χ1v) is 7.35. The summed E-state index contributed by atoms with van der Waals surface area (Å²) in [5, 5.41) is 3.62. The van der Waals surface area contributed by atoms with Crippen molar-refractivity contribution in [1.82, 2.24) is 10.2 Å². The summed E-state index contributed by atoms with van der Waals surface area (Å²) in [6.45, 7) is 14.4. The van der Waals surface area contributed by atoms with Crippen LogP contribution in [0.25, 0.3) is 0 Å². The Labute approximate surface area is 113 Å². The van der Waals surface area contributed by atoms with Gasteiger partial charge in [0.2, 0.25) is 0 Å². The van der Waals surface area contributed by atoms with Crippen molar-refractivity contribution in [2.75, 3.05) is 26.8 Å². The molecule has 0 radical (unpaired) electrons. The van der Waals surface area contributed by atoms with Crippen molar-refractivity contribution in [3.63, 3.8) is 0 Å². The van der Waals surface area contributed by atoms with Crippen LogP contribution in [-0.2, 0) is 4.74 Å². The molecule has 0 aromatic rings. The number of ether oxygens (including phenoxy) is 1. The van der Waals surface area contributed by atoms with Gasteiger partial charge in [-0.15, -0.1) is 0 Å². The van der Waals surface area contributed by atoms with Gasteiger partial charge in [-0.25, -0.2) is 0 Å². The SMILES string of the molecule is COCC(CNC(C)(C)C)N1CCCC1C(C)C. The lowest BCUT2D eigenvalue weighted by Crippen LogP contribution is -2.52. The zero-order valence-corrected chi connectivity index (χ0v) is 13.1. The Morgan fingerprint density at radius 2 is 2.00 bits per heavy atom. The van der Waals surface area contributed by atoms with E-state index in [-0.39, 0.29) is 5.54 Å². The molecule has 0 spiro atoms. The highest BCUT2D eigenvalue weighted by atomic mass is 16.5. The quantitative estimate of drug-likeness (QED) is 0.790. The summed E-state index contributed by atoms with van der Waals surface area (Å²) in [6.07, 6.45) is 2.67. The average Bonchev–Trinajstić information content (AvgIpc) is 2.71. The van der Waals surface area contributed by atoms with Crippen molar-refractivity contribution in [1.29, 1.82) is 0 Å². The topological polar surface area (TPSA) is 24.5 Å². The lowest BCUT2D eigenvalue weighted by Gasteiger charge is -2.36. The maximum atomic E-state index is 5.43. The van der Waals surface area contributed by atoms with E-state index in [0.717, 1.165) is 25.1 Å². The van der Waals surface area contributed by atoms with Crippen molar-refractivity contribution < 1.29 is 4.74 Å². The predicted octanol–water partition coefficient (Wildman–Crippen LogP) is 2.51. The third-order valence-electron chi connectivity index (χ3n) is 3.81. The van der Waals surface area contributed by atoms with Crippen LogP contribution in [0.1, 0.15) is 47.5 Å². The molecule has 0 amide bonds. The van der Waals surface area contributed by atoms with Crippen molar-refractivity contribution >= 4 is 0 Å². The van der Waals surface area contributed by atoms with Gasteiger partial charge in [0.15, 0.2) is 0 Å². The van der Waals surface area contributed by atoms with Gasteiger partial charge < -0.3 is 10.1 Å². The van der Waals surface area contributed by atoms with Crippen LogP contribution in [0, 0.1) is 5.92 Å². The molecule has 108 valence electrons. The molecule has 0 bridgehead atoms. The Kier molecular flexibility index (Phi) is 6.09. The molecule has 1 heterocycles. The van der Waals surface area contributed by atoms with Crippen LogP contribution in [0.3, 0.4) is 0 Å². The molecule has 18 heavy (non-hydrogen) atoms. The second kappa shape index (κ2) is 6.88. The van der Waals surface area contributed by atoms with E-state index in [2.05, 4.69) is 44.8 Å². The van der Waals surface area contributed by atoms with Crippen LogP contribution in [0.5, 0.6) is 0 Å². The maximum Gasteiger partial charge on any atom is 0.0630 e. The first-order valence-electron chi connectivity index (χ1n) is 7.35. The number of nitrogens with zero attached hydrogens (tertiary/aromatic N) is 1. The largest absolute Gasteiger partial charge is 0.383 e. The summed E-state index contributed by atoms with van der Waals surface area (Å²) < 4.78 is 5.43. The van der Waals surface area contributed by atoms with Gasteiger partial charge in [-0.1, -0.05) is 13.8 Å². The maximum absolute atomic E-state index is 5.43. The fourth-order valence-electron chi connectivity index (χ4n) is 2.87. The minimum atomic E-state index is 0.180. The van der Waals surface area contributed by atoms with E-state index < -0.39 is 0 Å². The molecule has 2 unspecified atom stereocenters. The second-order valence-electron chi connectivity index (χ2n) is 6.93. The minimum absolute atomic E-state index is 0.180. The molecule has 1 N–H and O–H groups in total. The Balaban J connectivity index is 2.59. The third kappa shape index (κ3) is 4.87. The van der Waals surface area contributed by atoms with Crippen LogP contribution in [-0.4, -0.2) is 49.3 Å². The molecule has 0 saturated carbocycles. The Morgan fingerprint density at radius 1 is 1.33 bits per heavy atom. The highest BCUT2D eigenvalue weighted by Crippen LogP contribution is 2.26. The van der Waals surface area contributed by atoms with Gasteiger partial charge in [0.25, 0.3) is 0 Å². The number of nitrogens with one attached hydrogen (secondary N) is 1. The summed E-state index contributed by atoms with van der Waals surface area (Å²) in [5.74, 6) is 0.737. The fourth-order valence-corrected chi connectivity index (χ4v) is 2.87. The molecule has 0 aromatic carbocycles. The number of methoxy groups -OCH3 is 1. The summed E-state index contributed by atoms with van der Waals surface area (Å²) in [5.41, 5.74) is 0.180. The van der Waals surface area contributed by atoms with Crippen LogP contribution in [0.4, 0.5) is 0 Å². The van der Waals surface area contributed by atoms with Crippen LogP contribution < -0.4 is 5.32 Å². The van der Waals surface area contributed by atoms with Gasteiger partial charge in [0.1, 0.15) is 0 Å². The van der Waals surface area contributed by atoms with E-state index in [1.807, 2.05) is 7.11 Å². The monoisotopic (exact) mass is 256 g/mol. The van der Waals surface area contributed by atoms with E-state index in [1.165, 1.54) is 19.4 Å². The van der Waals surface area contributed by atoms with E-state index in [9.17, 15) is 0 Å². The van der Waals surface area contributed by atoms with Crippen molar-refractivity contribution in [3.8, 4) is 0 Å². The molecule has 1 fully saturated rings. The Morgan fingerprint density at radius 3 is 2.50 bits per heavy atom. The van der Waals surface area contributed by atoms with E-state index in [1.54, 1.807) is 0 Å². The van der Waals surface area contributed by atoms with Gasteiger partial charge in [-0.2, -0.15) is 0 Å². The molecule has 2 atom stereocenters. The molecule has 3 nitrogen and oxygen atoms in total. The van der Waals surface area contributed by atoms with Crippen LogP contribution >= 0.6 is 0 Å². The molecule has 3 heteroatoms. The molecule has 0 aromatic heterocycles. The Bertz CT molecular complexity index is 235. The number of likely N-dealkylation sites (tertiary alicyclic amines) is 1. The van der Waals surface area contributed by atoms with Crippen molar-refractivity contribution in [2.24, 2.45) is 5.92 Å². The van der Waals surface area contributed by atoms with Gasteiger partial charge >= 0.3 is 0 Å². The highest BCUT2D eigenvalue weighted by molar-refractivity contribution is 4.88. The summed E-state index contributed by atoms with van der Waals surface area (Å²) in [6, 6.07) is 1.23. The van der Waals surface area contributed by atoms with Gasteiger partial charge in [-0.3, -0.25) is 4.90 Å². The average molecular weight is 256 g/mol. The normalized spacial score (nSPS) is 23.8. The van der Waals surface area contributed by atoms with Gasteiger partial charge in [-0.05, 0) is 46.1 Å². The van der Waals surface area contributed by atoms with Crippen molar-refractivity contribution in [2.45, 2.75) is 65.1 Å². The zero-order valence-electron chi connectivity index (χ0n) is 13.1. The Hall–Kier alpha value is -0.120. The van der Waals surface area contributed by atoms with Crippen LogP contribution in [0.15, 0.2) is 0 Å². The standard InChI is InChI=1S/C15H32N2O/c1-12(2)14-8-7-9-17(14)13(11-18-6)10-16-15(3,4)5/h12-14,16H,7-11H2,1-6H3.